The molecule has 1 aliphatic rings. The van der Waals surface area contributed by atoms with Crippen LogP contribution in [0.5, 0.6) is 0 Å². The highest BCUT2D eigenvalue weighted by molar-refractivity contribution is 9.10. The maximum absolute atomic E-state index is 4.99. The van der Waals surface area contributed by atoms with Crippen molar-refractivity contribution >= 4 is 39.0 Å². The third-order valence-corrected chi connectivity index (χ3v) is 6.63. The third kappa shape index (κ3) is 4.88. The Labute approximate surface area is 200 Å². The molecule has 0 aliphatic carbocycles. The van der Waals surface area contributed by atoms with E-state index in [2.05, 4.69) is 114 Å². The number of rotatable bonds is 6. The van der Waals surface area contributed by atoms with Crippen LogP contribution in [0.4, 0.5) is 17.5 Å². The molecule has 1 aliphatic heterocycles. The molecule has 2 aromatic carbocycles. The number of hydrogen-bond donors (Lipinski definition) is 0. The first kappa shape index (κ1) is 22.5. The summed E-state index contributed by atoms with van der Waals surface area (Å²) in [6, 6.07) is 19.3. The van der Waals surface area contributed by atoms with E-state index in [0.29, 0.717) is 5.92 Å². The van der Waals surface area contributed by atoms with Crippen molar-refractivity contribution in [2.75, 3.05) is 29.4 Å². The second kappa shape index (κ2) is 9.86. The summed E-state index contributed by atoms with van der Waals surface area (Å²) in [6.07, 6.45) is 3.34. The first-order valence-electron chi connectivity index (χ1n) is 11.4. The van der Waals surface area contributed by atoms with Crippen LogP contribution in [0, 0.1) is 6.92 Å². The van der Waals surface area contributed by atoms with Gasteiger partial charge in [-0.1, -0.05) is 56.3 Å². The molecule has 32 heavy (non-hydrogen) atoms. The lowest BCUT2D eigenvalue weighted by Crippen LogP contribution is -2.30. The number of halogens is 1. The first-order chi connectivity index (χ1) is 15.5. The van der Waals surface area contributed by atoms with E-state index in [1.807, 2.05) is 0 Å². The summed E-state index contributed by atoms with van der Waals surface area (Å²) in [5, 5.41) is 0. The molecule has 0 fully saturated rings. The SMILES string of the molecule is CCN(c1nc(C)cc(N2CC=C(c3ccccc3)CC2)n1)c1ccc(C(C)C)cc1Br. The number of aromatic nitrogens is 2. The van der Waals surface area contributed by atoms with Gasteiger partial charge >= 0.3 is 0 Å². The fourth-order valence-corrected chi connectivity index (χ4v) is 4.74. The zero-order valence-electron chi connectivity index (χ0n) is 19.3. The maximum Gasteiger partial charge on any atom is 0.232 e. The highest BCUT2D eigenvalue weighted by atomic mass is 79.9. The molecule has 1 aromatic heterocycles. The van der Waals surface area contributed by atoms with Gasteiger partial charge in [0.1, 0.15) is 5.82 Å². The minimum absolute atomic E-state index is 0.491. The average molecular weight is 491 g/mol. The van der Waals surface area contributed by atoms with Crippen molar-refractivity contribution in [2.24, 2.45) is 0 Å². The van der Waals surface area contributed by atoms with Gasteiger partial charge in [0.2, 0.25) is 5.95 Å². The van der Waals surface area contributed by atoms with Crippen LogP contribution in [-0.2, 0) is 0 Å². The van der Waals surface area contributed by atoms with Gasteiger partial charge in [-0.3, -0.25) is 0 Å². The van der Waals surface area contributed by atoms with Crippen LogP contribution < -0.4 is 9.80 Å². The average Bonchev–Trinajstić information content (AvgIpc) is 2.81. The van der Waals surface area contributed by atoms with Crippen molar-refractivity contribution in [1.29, 1.82) is 0 Å². The monoisotopic (exact) mass is 490 g/mol. The Morgan fingerprint density at radius 2 is 1.84 bits per heavy atom. The van der Waals surface area contributed by atoms with Gasteiger partial charge in [0.05, 0.1) is 5.69 Å². The summed E-state index contributed by atoms with van der Waals surface area (Å²) in [7, 11) is 0. The predicted molar refractivity (Wildman–Crippen MR) is 139 cm³/mol. The minimum atomic E-state index is 0.491. The largest absolute Gasteiger partial charge is 0.352 e. The molecule has 0 saturated heterocycles. The van der Waals surface area contributed by atoms with E-state index >= 15 is 0 Å². The van der Waals surface area contributed by atoms with Crippen molar-refractivity contribution in [2.45, 2.75) is 40.0 Å². The Bertz CT molecular complexity index is 1110. The van der Waals surface area contributed by atoms with Gasteiger partial charge < -0.3 is 9.80 Å². The zero-order chi connectivity index (χ0) is 22.7. The standard InChI is InChI=1S/C27H31BrN4/c1-5-32(25-12-11-23(19(2)3)18-24(25)28)27-29-20(4)17-26(30-27)31-15-13-22(14-16-31)21-9-7-6-8-10-21/h6-13,17-19H,5,14-16H2,1-4H3. The third-order valence-electron chi connectivity index (χ3n) is 5.99. The zero-order valence-corrected chi connectivity index (χ0v) is 20.9. The van der Waals surface area contributed by atoms with Crippen LogP contribution in [-0.4, -0.2) is 29.6 Å². The topological polar surface area (TPSA) is 32.3 Å². The van der Waals surface area contributed by atoms with Gasteiger partial charge in [-0.15, -0.1) is 0 Å². The molecule has 0 amide bonds. The second-order valence-electron chi connectivity index (χ2n) is 8.57. The van der Waals surface area contributed by atoms with E-state index in [9.17, 15) is 0 Å². The number of hydrogen-bond acceptors (Lipinski definition) is 4. The normalized spacial score (nSPS) is 13.9. The van der Waals surface area contributed by atoms with Crippen molar-refractivity contribution in [3.05, 3.63) is 82.0 Å². The van der Waals surface area contributed by atoms with E-state index in [1.165, 1.54) is 16.7 Å². The highest BCUT2D eigenvalue weighted by Crippen LogP contribution is 2.34. The van der Waals surface area contributed by atoms with E-state index < -0.39 is 0 Å². The molecule has 0 saturated carbocycles. The Morgan fingerprint density at radius 3 is 2.47 bits per heavy atom. The van der Waals surface area contributed by atoms with Crippen LogP contribution in [0.2, 0.25) is 0 Å². The van der Waals surface area contributed by atoms with Crippen molar-refractivity contribution in [3.63, 3.8) is 0 Å². The molecule has 0 atom stereocenters. The number of aryl methyl sites for hydroxylation is 1. The van der Waals surface area contributed by atoms with Gasteiger partial charge in [-0.05, 0) is 70.9 Å². The van der Waals surface area contributed by atoms with Crippen molar-refractivity contribution < 1.29 is 0 Å². The summed E-state index contributed by atoms with van der Waals surface area (Å²) in [5.41, 5.74) is 6.13. The Hall–Kier alpha value is -2.66. The van der Waals surface area contributed by atoms with Gasteiger partial charge in [0.15, 0.2) is 0 Å². The minimum Gasteiger partial charge on any atom is -0.352 e. The molecule has 2 heterocycles. The smallest absolute Gasteiger partial charge is 0.232 e. The molecule has 0 unspecified atom stereocenters. The van der Waals surface area contributed by atoms with Crippen LogP contribution in [0.1, 0.15) is 49.9 Å². The lowest BCUT2D eigenvalue weighted by molar-refractivity contribution is 0.805. The highest BCUT2D eigenvalue weighted by Gasteiger charge is 2.19. The van der Waals surface area contributed by atoms with Gasteiger partial charge in [0, 0.05) is 35.9 Å². The second-order valence-corrected chi connectivity index (χ2v) is 9.42. The quantitative estimate of drug-likeness (QED) is 0.368. The van der Waals surface area contributed by atoms with E-state index in [-0.39, 0.29) is 0 Å². The van der Waals surface area contributed by atoms with Gasteiger partial charge in [0.25, 0.3) is 0 Å². The van der Waals surface area contributed by atoms with Gasteiger partial charge in [-0.25, -0.2) is 4.98 Å². The molecule has 5 heteroatoms. The number of benzene rings is 2. The molecule has 166 valence electrons. The molecule has 3 aromatic rings. The number of anilines is 3. The van der Waals surface area contributed by atoms with Crippen LogP contribution >= 0.6 is 15.9 Å². The molecule has 0 spiro atoms. The van der Waals surface area contributed by atoms with Crippen molar-refractivity contribution in [3.8, 4) is 0 Å². The summed E-state index contributed by atoms with van der Waals surface area (Å²) >= 11 is 3.78. The molecular formula is C27H31BrN4. The van der Waals surface area contributed by atoms with E-state index in [1.54, 1.807) is 0 Å². The Kier molecular flexibility index (Phi) is 6.95. The number of nitrogens with zero attached hydrogens (tertiary/aromatic N) is 4. The van der Waals surface area contributed by atoms with Gasteiger partial charge in [-0.2, -0.15) is 4.98 Å². The summed E-state index contributed by atoms with van der Waals surface area (Å²) in [5.74, 6) is 2.23. The summed E-state index contributed by atoms with van der Waals surface area (Å²) in [6.45, 7) is 11.2. The summed E-state index contributed by atoms with van der Waals surface area (Å²) < 4.78 is 1.07. The van der Waals surface area contributed by atoms with Crippen molar-refractivity contribution in [1.82, 2.24) is 9.97 Å². The molecule has 4 rings (SSSR count). The van der Waals surface area contributed by atoms with Crippen LogP contribution in [0.3, 0.4) is 0 Å². The Morgan fingerprint density at radius 1 is 1.06 bits per heavy atom. The summed E-state index contributed by atoms with van der Waals surface area (Å²) in [4.78, 5) is 14.3. The lowest BCUT2D eigenvalue weighted by Gasteiger charge is -2.29. The molecule has 4 nitrogen and oxygen atoms in total. The fourth-order valence-electron chi connectivity index (χ4n) is 4.13. The van der Waals surface area contributed by atoms with Crippen LogP contribution in [0.15, 0.2) is 65.1 Å². The lowest BCUT2D eigenvalue weighted by atomic mass is 9.99. The Balaban J connectivity index is 1.61. The molecule has 0 bridgehead atoms. The predicted octanol–water partition coefficient (Wildman–Crippen LogP) is 7.12. The maximum atomic E-state index is 4.99. The fraction of sp³-hybridized carbons (Fsp3) is 0.333. The van der Waals surface area contributed by atoms with E-state index in [0.717, 1.165) is 53.7 Å². The molecular weight excluding hydrogens is 460 g/mol. The molecule has 0 radical (unpaired) electrons. The first-order valence-corrected chi connectivity index (χ1v) is 12.2. The van der Waals surface area contributed by atoms with Crippen LogP contribution in [0.25, 0.3) is 5.57 Å². The molecule has 0 N–H and O–H groups in total. The van der Waals surface area contributed by atoms with E-state index in [4.69, 9.17) is 9.97 Å².